The summed E-state index contributed by atoms with van der Waals surface area (Å²) in [6.07, 6.45) is 1.21. The van der Waals surface area contributed by atoms with Crippen LogP contribution in [0.1, 0.15) is 44.0 Å². The molecular formula is C18H25FN2O2. The Kier molecular flexibility index (Phi) is 5.39. The Hall–Kier alpha value is -1.91. The summed E-state index contributed by atoms with van der Waals surface area (Å²) >= 11 is 0. The monoisotopic (exact) mass is 320 g/mol. The van der Waals surface area contributed by atoms with Gasteiger partial charge in [0.1, 0.15) is 5.82 Å². The third kappa shape index (κ3) is 4.78. The molecule has 0 radical (unpaired) electrons. The van der Waals surface area contributed by atoms with Gasteiger partial charge in [-0.15, -0.1) is 0 Å². The molecule has 2 rings (SSSR count). The van der Waals surface area contributed by atoms with Crippen molar-refractivity contribution in [3.63, 3.8) is 0 Å². The van der Waals surface area contributed by atoms with E-state index in [1.54, 1.807) is 17.0 Å². The molecule has 0 aromatic heterocycles. The molecule has 1 aliphatic rings. The van der Waals surface area contributed by atoms with Crippen molar-refractivity contribution in [3.05, 3.63) is 35.6 Å². The summed E-state index contributed by atoms with van der Waals surface area (Å²) < 4.78 is 13.8. The van der Waals surface area contributed by atoms with E-state index < -0.39 is 5.82 Å². The van der Waals surface area contributed by atoms with Crippen LogP contribution in [0, 0.1) is 11.2 Å². The van der Waals surface area contributed by atoms with Crippen LogP contribution in [0.3, 0.4) is 0 Å². The Morgan fingerprint density at radius 1 is 1.04 bits per heavy atom. The highest BCUT2D eigenvalue weighted by Crippen LogP contribution is 2.21. The molecule has 1 fully saturated rings. The Bertz CT molecular complexity index is 581. The lowest BCUT2D eigenvalue weighted by atomic mass is 9.91. The molecule has 2 amide bonds. The first kappa shape index (κ1) is 17.4. The number of hydrogen-bond acceptors (Lipinski definition) is 2. The first-order chi connectivity index (χ1) is 10.8. The van der Waals surface area contributed by atoms with E-state index in [2.05, 4.69) is 0 Å². The van der Waals surface area contributed by atoms with Gasteiger partial charge < -0.3 is 9.80 Å². The molecule has 0 bridgehead atoms. The SMILES string of the molecule is CC(C)(C)CC(=O)N1CCCN(C(=O)c2ccccc2F)CC1. The summed E-state index contributed by atoms with van der Waals surface area (Å²) in [4.78, 5) is 28.3. The Labute approximate surface area is 137 Å². The minimum atomic E-state index is -0.498. The van der Waals surface area contributed by atoms with Crippen LogP contribution in [0.25, 0.3) is 0 Å². The molecule has 1 heterocycles. The maximum Gasteiger partial charge on any atom is 0.256 e. The van der Waals surface area contributed by atoms with Crippen LogP contribution < -0.4 is 0 Å². The highest BCUT2D eigenvalue weighted by atomic mass is 19.1. The van der Waals surface area contributed by atoms with Crippen molar-refractivity contribution >= 4 is 11.8 Å². The van der Waals surface area contributed by atoms with Gasteiger partial charge in [0.25, 0.3) is 5.91 Å². The predicted molar refractivity (Wildman–Crippen MR) is 87.6 cm³/mol. The zero-order valence-electron chi connectivity index (χ0n) is 14.1. The van der Waals surface area contributed by atoms with Crippen molar-refractivity contribution in [2.24, 2.45) is 5.41 Å². The first-order valence-corrected chi connectivity index (χ1v) is 8.09. The average molecular weight is 320 g/mol. The largest absolute Gasteiger partial charge is 0.341 e. The van der Waals surface area contributed by atoms with Gasteiger partial charge in [0.2, 0.25) is 5.91 Å². The number of carbonyl (C=O) groups excluding carboxylic acids is 2. The van der Waals surface area contributed by atoms with Gasteiger partial charge in [0.05, 0.1) is 5.56 Å². The van der Waals surface area contributed by atoms with Crippen LogP contribution in [-0.2, 0) is 4.79 Å². The zero-order chi connectivity index (χ0) is 17.0. The fraction of sp³-hybridized carbons (Fsp3) is 0.556. The van der Waals surface area contributed by atoms with Gasteiger partial charge in [-0.1, -0.05) is 32.9 Å². The van der Waals surface area contributed by atoms with Gasteiger partial charge in [0.15, 0.2) is 0 Å². The first-order valence-electron chi connectivity index (χ1n) is 8.09. The van der Waals surface area contributed by atoms with E-state index in [4.69, 9.17) is 0 Å². The van der Waals surface area contributed by atoms with E-state index in [1.165, 1.54) is 12.1 Å². The lowest BCUT2D eigenvalue weighted by Gasteiger charge is -2.25. The van der Waals surface area contributed by atoms with Gasteiger partial charge in [-0.2, -0.15) is 0 Å². The van der Waals surface area contributed by atoms with Crippen molar-refractivity contribution in [2.45, 2.75) is 33.6 Å². The minimum Gasteiger partial charge on any atom is -0.341 e. The molecule has 0 atom stereocenters. The Balaban J connectivity index is 2.00. The van der Waals surface area contributed by atoms with Gasteiger partial charge in [0, 0.05) is 32.6 Å². The summed E-state index contributed by atoms with van der Waals surface area (Å²) in [6.45, 7) is 8.27. The Morgan fingerprint density at radius 3 is 2.30 bits per heavy atom. The second kappa shape index (κ2) is 7.11. The number of hydrogen-bond donors (Lipinski definition) is 0. The summed E-state index contributed by atoms with van der Waals surface area (Å²) in [7, 11) is 0. The Morgan fingerprint density at radius 2 is 1.65 bits per heavy atom. The molecular weight excluding hydrogens is 295 g/mol. The van der Waals surface area contributed by atoms with Crippen molar-refractivity contribution in [1.29, 1.82) is 0 Å². The standard InChI is InChI=1S/C18H25FN2O2/c1-18(2,3)13-16(22)20-9-6-10-21(12-11-20)17(23)14-7-4-5-8-15(14)19/h4-5,7-8H,6,9-13H2,1-3H3. The summed E-state index contributed by atoms with van der Waals surface area (Å²) in [5.41, 5.74) is 0.0495. The highest BCUT2D eigenvalue weighted by Gasteiger charge is 2.26. The van der Waals surface area contributed by atoms with Crippen LogP contribution in [0.15, 0.2) is 24.3 Å². The van der Waals surface area contributed by atoms with Gasteiger partial charge in [-0.05, 0) is 24.0 Å². The van der Waals surface area contributed by atoms with Crippen molar-refractivity contribution < 1.29 is 14.0 Å². The number of rotatable bonds is 2. The van der Waals surface area contributed by atoms with E-state index >= 15 is 0 Å². The fourth-order valence-corrected chi connectivity index (χ4v) is 2.74. The smallest absolute Gasteiger partial charge is 0.256 e. The number of amides is 2. The third-order valence-corrected chi connectivity index (χ3v) is 3.92. The number of benzene rings is 1. The second-order valence-electron chi connectivity index (χ2n) is 7.24. The molecule has 1 aromatic carbocycles. The summed E-state index contributed by atoms with van der Waals surface area (Å²) in [6, 6.07) is 6.03. The molecule has 0 spiro atoms. The van der Waals surface area contributed by atoms with Crippen LogP contribution in [-0.4, -0.2) is 47.8 Å². The number of nitrogens with zero attached hydrogens (tertiary/aromatic N) is 2. The van der Waals surface area contributed by atoms with E-state index in [9.17, 15) is 14.0 Å². The van der Waals surface area contributed by atoms with Crippen LogP contribution in [0.2, 0.25) is 0 Å². The van der Waals surface area contributed by atoms with Gasteiger partial charge in [-0.25, -0.2) is 4.39 Å². The lowest BCUT2D eigenvalue weighted by molar-refractivity contribution is -0.132. The number of halogens is 1. The molecule has 1 saturated heterocycles. The molecule has 4 nitrogen and oxygen atoms in total. The molecule has 0 unspecified atom stereocenters. The van der Waals surface area contributed by atoms with Gasteiger partial charge in [-0.3, -0.25) is 9.59 Å². The molecule has 126 valence electrons. The maximum atomic E-state index is 13.8. The van der Waals surface area contributed by atoms with Gasteiger partial charge >= 0.3 is 0 Å². The van der Waals surface area contributed by atoms with E-state index in [1.807, 2.05) is 25.7 Å². The fourth-order valence-electron chi connectivity index (χ4n) is 2.74. The minimum absolute atomic E-state index is 0.0495. The maximum absolute atomic E-state index is 13.8. The van der Waals surface area contributed by atoms with Crippen LogP contribution in [0.5, 0.6) is 0 Å². The second-order valence-corrected chi connectivity index (χ2v) is 7.24. The van der Waals surface area contributed by atoms with E-state index in [0.717, 1.165) is 6.42 Å². The molecule has 0 saturated carbocycles. The lowest BCUT2D eigenvalue weighted by Crippen LogP contribution is -2.38. The summed E-state index contributed by atoms with van der Waals surface area (Å²) in [5.74, 6) is -0.673. The molecule has 23 heavy (non-hydrogen) atoms. The molecule has 5 heteroatoms. The van der Waals surface area contributed by atoms with E-state index in [-0.39, 0.29) is 22.8 Å². The average Bonchev–Trinajstić information content (AvgIpc) is 2.71. The quantitative estimate of drug-likeness (QED) is 0.840. The summed E-state index contributed by atoms with van der Waals surface area (Å²) in [5, 5.41) is 0. The van der Waals surface area contributed by atoms with Crippen LogP contribution >= 0.6 is 0 Å². The topological polar surface area (TPSA) is 40.6 Å². The predicted octanol–water partition coefficient (Wildman–Crippen LogP) is 2.94. The third-order valence-electron chi connectivity index (χ3n) is 3.92. The van der Waals surface area contributed by atoms with Crippen LogP contribution in [0.4, 0.5) is 4.39 Å². The normalized spacial score (nSPS) is 16.2. The number of carbonyl (C=O) groups is 2. The highest BCUT2D eigenvalue weighted by molar-refractivity contribution is 5.94. The van der Waals surface area contributed by atoms with Crippen molar-refractivity contribution in [3.8, 4) is 0 Å². The molecule has 0 N–H and O–H groups in total. The molecule has 0 aliphatic carbocycles. The van der Waals surface area contributed by atoms with E-state index in [0.29, 0.717) is 32.6 Å². The molecule has 1 aromatic rings. The van der Waals surface area contributed by atoms with Crippen molar-refractivity contribution in [1.82, 2.24) is 9.80 Å². The zero-order valence-corrected chi connectivity index (χ0v) is 14.1. The van der Waals surface area contributed by atoms with Crippen molar-refractivity contribution in [2.75, 3.05) is 26.2 Å². The molecule has 1 aliphatic heterocycles.